The molecule has 0 aliphatic heterocycles. The van der Waals surface area contributed by atoms with Crippen LogP contribution in [0.3, 0.4) is 0 Å². The van der Waals surface area contributed by atoms with Crippen molar-refractivity contribution >= 4 is 39.0 Å². The summed E-state index contributed by atoms with van der Waals surface area (Å²) in [6.45, 7) is 2.39. The number of para-hydroxylation sites is 1. The molecule has 0 saturated carbocycles. The van der Waals surface area contributed by atoms with Crippen molar-refractivity contribution in [2.75, 3.05) is 4.90 Å². The van der Waals surface area contributed by atoms with Gasteiger partial charge in [0.05, 0.1) is 0 Å². The molecule has 0 unspecified atom stereocenters. The SMILES string of the molecule is CC1(c2ccc(-c3ccc(N(c4ccc(-c5ccccc5)cc4)c4cccc(-c5ccccc5)c4)cc3)c3oc4ccccc4c23)c2ccccc2-c2ccccc21. The molecule has 1 aliphatic carbocycles. The van der Waals surface area contributed by atoms with Gasteiger partial charge in [-0.1, -0.05) is 176 Å². The summed E-state index contributed by atoms with van der Waals surface area (Å²) >= 11 is 0. The zero-order valence-electron chi connectivity index (χ0n) is 32.1. The van der Waals surface area contributed by atoms with E-state index in [0.717, 1.165) is 44.7 Å². The monoisotopic (exact) mass is 741 g/mol. The molecule has 1 aromatic heterocycles. The third-order valence-electron chi connectivity index (χ3n) is 12.2. The smallest absolute Gasteiger partial charge is 0.143 e. The van der Waals surface area contributed by atoms with E-state index in [2.05, 4.69) is 230 Å². The summed E-state index contributed by atoms with van der Waals surface area (Å²) in [6, 6.07) is 78.7. The zero-order valence-corrected chi connectivity index (χ0v) is 32.1. The van der Waals surface area contributed by atoms with Gasteiger partial charge in [0.2, 0.25) is 0 Å². The Morgan fingerprint density at radius 3 is 1.53 bits per heavy atom. The van der Waals surface area contributed by atoms with Crippen LogP contribution in [0.15, 0.2) is 223 Å². The first-order valence-corrected chi connectivity index (χ1v) is 20.0. The van der Waals surface area contributed by atoms with Crippen LogP contribution in [0.1, 0.15) is 23.6 Å². The maximum atomic E-state index is 6.87. The molecule has 0 radical (unpaired) electrons. The molecule has 0 amide bonds. The van der Waals surface area contributed by atoms with Gasteiger partial charge in [0.1, 0.15) is 11.2 Å². The van der Waals surface area contributed by atoms with Gasteiger partial charge in [0, 0.05) is 38.8 Å². The number of rotatable bonds is 7. The lowest BCUT2D eigenvalue weighted by Gasteiger charge is -2.29. The summed E-state index contributed by atoms with van der Waals surface area (Å²) in [7, 11) is 0. The van der Waals surface area contributed by atoms with Crippen LogP contribution >= 0.6 is 0 Å². The van der Waals surface area contributed by atoms with Gasteiger partial charge < -0.3 is 9.32 Å². The summed E-state index contributed by atoms with van der Waals surface area (Å²) < 4.78 is 6.87. The van der Waals surface area contributed by atoms with Gasteiger partial charge in [-0.25, -0.2) is 0 Å². The van der Waals surface area contributed by atoms with E-state index < -0.39 is 0 Å². The number of nitrogens with zero attached hydrogens (tertiary/aromatic N) is 1. The second-order valence-corrected chi connectivity index (χ2v) is 15.4. The van der Waals surface area contributed by atoms with Crippen molar-refractivity contribution in [3.8, 4) is 44.5 Å². The van der Waals surface area contributed by atoms with Crippen LogP contribution in [-0.2, 0) is 5.41 Å². The van der Waals surface area contributed by atoms with Gasteiger partial charge in [-0.15, -0.1) is 0 Å². The van der Waals surface area contributed by atoms with Crippen molar-refractivity contribution in [3.05, 3.63) is 235 Å². The van der Waals surface area contributed by atoms with Crippen LogP contribution in [-0.4, -0.2) is 0 Å². The predicted octanol–water partition coefficient (Wildman–Crippen LogP) is 15.4. The Hall–Kier alpha value is -7.42. The van der Waals surface area contributed by atoms with E-state index >= 15 is 0 Å². The first-order chi connectivity index (χ1) is 28.6. The molecule has 2 heteroatoms. The average molecular weight is 742 g/mol. The standard InChI is InChI=1S/C56H39NO/c1-56(50-24-11-8-21-47(50)48-22-9-12-25-51(48)56)52-36-35-46(55-54(52)49-23-10-13-26-53(49)58-55)41-29-33-44(34-30-41)57(43-31-27-40(28-32-43)38-15-4-2-5-16-38)45-20-14-19-42(37-45)39-17-6-3-7-18-39/h2-37H,1H3. The molecule has 2 nitrogen and oxygen atoms in total. The number of benzene rings is 9. The highest BCUT2D eigenvalue weighted by molar-refractivity contribution is 6.12. The van der Waals surface area contributed by atoms with Crippen molar-refractivity contribution in [3.63, 3.8) is 0 Å². The molecule has 0 atom stereocenters. The number of fused-ring (bicyclic) bond motifs is 6. The van der Waals surface area contributed by atoms with E-state index in [0.29, 0.717) is 0 Å². The Kier molecular flexibility index (Phi) is 7.97. The van der Waals surface area contributed by atoms with Crippen molar-refractivity contribution in [1.82, 2.24) is 0 Å². The molecule has 58 heavy (non-hydrogen) atoms. The fourth-order valence-electron chi connectivity index (χ4n) is 9.34. The number of anilines is 3. The van der Waals surface area contributed by atoms with E-state index in [4.69, 9.17) is 4.42 Å². The second-order valence-electron chi connectivity index (χ2n) is 15.4. The molecule has 0 bridgehead atoms. The Labute approximate surface area is 338 Å². The van der Waals surface area contributed by atoms with E-state index in [1.807, 2.05) is 0 Å². The molecule has 0 spiro atoms. The number of furan rings is 1. The lowest BCUT2D eigenvalue weighted by Crippen LogP contribution is -2.22. The van der Waals surface area contributed by atoms with Gasteiger partial charge in [-0.3, -0.25) is 0 Å². The largest absolute Gasteiger partial charge is 0.455 e. The minimum absolute atomic E-state index is 0.356. The van der Waals surface area contributed by atoms with Crippen molar-refractivity contribution in [2.24, 2.45) is 0 Å². The molecule has 0 N–H and O–H groups in total. The molecular weight excluding hydrogens is 703 g/mol. The molecule has 10 aromatic rings. The van der Waals surface area contributed by atoms with Crippen LogP contribution in [0.25, 0.3) is 66.4 Å². The number of hydrogen-bond acceptors (Lipinski definition) is 2. The van der Waals surface area contributed by atoms with Gasteiger partial charge in [0.25, 0.3) is 0 Å². The first kappa shape index (κ1) is 33.9. The Balaban J connectivity index is 1.05. The van der Waals surface area contributed by atoms with Gasteiger partial charge in [-0.2, -0.15) is 0 Å². The third-order valence-corrected chi connectivity index (χ3v) is 12.2. The summed E-state index contributed by atoms with van der Waals surface area (Å²) in [6.07, 6.45) is 0. The van der Waals surface area contributed by atoms with E-state index in [9.17, 15) is 0 Å². The minimum atomic E-state index is -0.356. The average Bonchev–Trinajstić information content (AvgIpc) is 3.81. The highest BCUT2D eigenvalue weighted by Crippen LogP contribution is 2.55. The summed E-state index contributed by atoms with van der Waals surface area (Å²) in [4.78, 5) is 2.35. The van der Waals surface area contributed by atoms with E-state index in [1.54, 1.807) is 0 Å². The van der Waals surface area contributed by atoms with Crippen LogP contribution in [0.5, 0.6) is 0 Å². The van der Waals surface area contributed by atoms with E-state index in [1.165, 1.54) is 55.5 Å². The lowest BCUT2D eigenvalue weighted by molar-refractivity contribution is 0.667. The summed E-state index contributed by atoms with van der Waals surface area (Å²) in [5, 5.41) is 2.31. The second kappa shape index (κ2) is 13.7. The fraction of sp³-hybridized carbons (Fsp3) is 0.0357. The molecule has 11 rings (SSSR count). The van der Waals surface area contributed by atoms with Crippen molar-refractivity contribution in [2.45, 2.75) is 12.3 Å². The minimum Gasteiger partial charge on any atom is -0.455 e. The molecule has 0 fully saturated rings. The topological polar surface area (TPSA) is 16.4 Å². The van der Waals surface area contributed by atoms with Crippen molar-refractivity contribution in [1.29, 1.82) is 0 Å². The predicted molar refractivity (Wildman–Crippen MR) is 242 cm³/mol. The van der Waals surface area contributed by atoms with E-state index in [-0.39, 0.29) is 5.41 Å². The summed E-state index contributed by atoms with van der Waals surface area (Å²) in [5.74, 6) is 0. The Morgan fingerprint density at radius 1 is 0.362 bits per heavy atom. The quantitative estimate of drug-likeness (QED) is 0.162. The maximum absolute atomic E-state index is 6.87. The third kappa shape index (κ3) is 5.41. The molecule has 1 heterocycles. The molecule has 1 aliphatic rings. The zero-order chi connectivity index (χ0) is 38.6. The lowest BCUT2D eigenvalue weighted by atomic mass is 9.72. The van der Waals surface area contributed by atoms with Crippen LogP contribution < -0.4 is 4.90 Å². The van der Waals surface area contributed by atoms with Crippen LogP contribution in [0, 0.1) is 0 Å². The molecule has 274 valence electrons. The Bertz CT molecular complexity index is 3060. The first-order valence-electron chi connectivity index (χ1n) is 20.0. The van der Waals surface area contributed by atoms with Gasteiger partial charge >= 0.3 is 0 Å². The van der Waals surface area contributed by atoms with Crippen LogP contribution in [0.4, 0.5) is 17.1 Å². The van der Waals surface area contributed by atoms with Crippen LogP contribution in [0.2, 0.25) is 0 Å². The van der Waals surface area contributed by atoms with Crippen molar-refractivity contribution < 1.29 is 4.42 Å². The van der Waals surface area contributed by atoms with Gasteiger partial charge in [0.15, 0.2) is 0 Å². The van der Waals surface area contributed by atoms with Gasteiger partial charge in [-0.05, 0) is 105 Å². The highest BCUT2D eigenvalue weighted by atomic mass is 16.3. The normalized spacial score (nSPS) is 12.7. The summed E-state index contributed by atoms with van der Waals surface area (Å²) in [5.41, 5.74) is 18.2. The molecular formula is C56H39NO. The molecule has 9 aromatic carbocycles. The molecule has 0 saturated heterocycles. The number of hydrogen-bond donors (Lipinski definition) is 0. The maximum Gasteiger partial charge on any atom is 0.143 e. The Morgan fingerprint density at radius 2 is 0.879 bits per heavy atom. The highest BCUT2D eigenvalue weighted by Gasteiger charge is 2.42. The fourth-order valence-corrected chi connectivity index (χ4v) is 9.34.